The van der Waals surface area contributed by atoms with E-state index in [1.807, 2.05) is 16.7 Å². The van der Waals surface area contributed by atoms with Gasteiger partial charge >= 0.3 is 6.18 Å². The summed E-state index contributed by atoms with van der Waals surface area (Å²) in [5, 5.41) is 2.61. The van der Waals surface area contributed by atoms with E-state index in [0.717, 1.165) is 48.9 Å². The summed E-state index contributed by atoms with van der Waals surface area (Å²) in [6.07, 6.45) is -4.41. The third kappa shape index (κ3) is 6.92. The van der Waals surface area contributed by atoms with E-state index in [4.69, 9.17) is 5.73 Å². The molecule has 1 heterocycles. The van der Waals surface area contributed by atoms with Crippen LogP contribution < -0.4 is 11.1 Å². The predicted molar refractivity (Wildman–Crippen MR) is 105 cm³/mol. The van der Waals surface area contributed by atoms with E-state index in [0.29, 0.717) is 12.5 Å². The van der Waals surface area contributed by atoms with Crippen molar-refractivity contribution in [1.29, 1.82) is 0 Å². The highest BCUT2D eigenvalue weighted by molar-refractivity contribution is 14.0. The second-order valence-corrected chi connectivity index (χ2v) is 6.40. The highest BCUT2D eigenvalue weighted by Gasteiger charge is 2.30. The molecule has 1 aliphatic heterocycles. The van der Waals surface area contributed by atoms with Gasteiger partial charge < -0.3 is 16.0 Å². The van der Waals surface area contributed by atoms with Crippen LogP contribution in [0.2, 0.25) is 0 Å². The molecule has 0 atom stereocenters. The number of nitrogens with zero attached hydrogens (tertiary/aromatic N) is 2. The van der Waals surface area contributed by atoms with Crippen molar-refractivity contribution in [3.63, 3.8) is 0 Å². The highest BCUT2D eigenvalue weighted by Crippen LogP contribution is 2.29. The van der Waals surface area contributed by atoms with E-state index < -0.39 is 17.6 Å². The van der Waals surface area contributed by atoms with Crippen LogP contribution in [-0.4, -0.2) is 54.5 Å². The van der Waals surface area contributed by atoms with Crippen LogP contribution in [0.4, 0.5) is 13.2 Å². The Labute approximate surface area is 165 Å². The van der Waals surface area contributed by atoms with Gasteiger partial charge in [-0.15, -0.1) is 24.0 Å². The lowest BCUT2D eigenvalue weighted by atomic mass is 10.1. The molecule has 0 bridgehead atoms. The second kappa shape index (κ2) is 10.1. The first-order valence-electron chi connectivity index (χ1n) is 7.46. The first-order valence-corrected chi connectivity index (χ1v) is 8.61. The lowest BCUT2D eigenvalue weighted by molar-refractivity contribution is -0.137. The fourth-order valence-corrected chi connectivity index (χ4v) is 3.05. The minimum Gasteiger partial charge on any atom is -0.370 e. The maximum atomic E-state index is 12.5. The number of halogens is 4. The summed E-state index contributed by atoms with van der Waals surface area (Å²) < 4.78 is 37.4. The zero-order chi connectivity index (χ0) is 17.6. The van der Waals surface area contributed by atoms with Gasteiger partial charge in [-0.1, -0.05) is 0 Å². The molecule has 0 unspecified atom stereocenters. The van der Waals surface area contributed by atoms with Gasteiger partial charge in [0.05, 0.1) is 12.1 Å². The van der Waals surface area contributed by atoms with Crippen molar-refractivity contribution in [3.05, 3.63) is 35.4 Å². The first kappa shape index (κ1) is 21.9. The maximum absolute atomic E-state index is 12.5. The van der Waals surface area contributed by atoms with Crippen LogP contribution in [0.15, 0.2) is 29.3 Å². The van der Waals surface area contributed by atoms with Crippen LogP contribution in [0.5, 0.6) is 0 Å². The van der Waals surface area contributed by atoms with Gasteiger partial charge in [-0.2, -0.15) is 24.9 Å². The van der Waals surface area contributed by atoms with Gasteiger partial charge in [-0.25, -0.2) is 0 Å². The van der Waals surface area contributed by atoms with Crippen LogP contribution >= 0.6 is 35.7 Å². The van der Waals surface area contributed by atoms with Gasteiger partial charge in [0.2, 0.25) is 0 Å². The van der Waals surface area contributed by atoms with Crippen LogP contribution in [-0.2, 0) is 6.18 Å². The number of nitrogens with one attached hydrogen (secondary N) is 1. The molecule has 3 N–H and O–H groups in total. The van der Waals surface area contributed by atoms with E-state index in [9.17, 15) is 18.0 Å². The molecule has 2 rings (SSSR count). The lowest BCUT2D eigenvalue weighted by Gasteiger charge is -2.27. The van der Waals surface area contributed by atoms with E-state index in [1.54, 1.807) is 0 Å². The zero-order valence-electron chi connectivity index (χ0n) is 13.4. The number of amides is 1. The molecule has 0 spiro atoms. The Morgan fingerprint density at radius 1 is 1.24 bits per heavy atom. The monoisotopic (exact) mass is 488 g/mol. The zero-order valence-corrected chi connectivity index (χ0v) is 16.5. The van der Waals surface area contributed by atoms with Crippen molar-refractivity contribution >= 4 is 47.6 Å². The second-order valence-electron chi connectivity index (χ2n) is 5.17. The number of carbonyl (C=O) groups excluding carboxylic acids is 1. The standard InChI is InChI=1S/C15H19F3N4OS.HI/c16-15(17,18)12-3-1-11(2-4-12)13(23)20-5-6-21-14(19)22-7-9-24-10-8-22;/h1-4H,5-10H2,(H2,19,21)(H,20,23);1H. The SMILES string of the molecule is I.NC(=NCCNC(=O)c1ccc(C(F)(F)F)cc1)N1CCSCC1. The topological polar surface area (TPSA) is 70.7 Å². The van der Waals surface area contributed by atoms with E-state index in [2.05, 4.69) is 10.3 Å². The fraction of sp³-hybridized carbons (Fsp3) is 0.467. The Balaban J connectivity index is 0.00000312. The van der Waals surface area contributed by atoms with Crippen molar-refractivity contribution in [3.8, 4) is 0 Å². The number of aliphatic imine (C=N–C) groups is 1. The Kier molecular flexibility index (Phi) is 8.83. The van der Waals surface area contributed by atoms with Gasteiger partial charge in [-0.05, 0) is 24.3 Å². The third-order valence-electron chi connectivity index (χ3n) is 3.48. The smallest absolute Gasteiger partial charge is 0.370 e. The molecule has 1 fully saturated rings. The van der Waals surface area contributed by atoms with Crippen molar-refractivity contribution in [2.75, 3.05) is 37.7 Å². The molecule has 1 aliphatic rings. The molecular formula is C15H20F3IN4OS. The summed E-state index contributed by atoms with van der Waals surface area (Å²) in [7, 11) is 0. The number of hydrogen-bond acceptors (Lipinski definition) is 3. The Morgan fingerprint density at radius 3 is 2.40 bits per heavy atom. The van der Waals surface area contributed by atoms with Crippen molar-refractivity contribution in [1.82, 2.24) is 10.2 Å². The largest absolute Gasteiger partial charge is 0.416 e. The fourth-order valence-electron chi connectivity index (χ4n) is 2.14. The molecule has 25 heavy (non-hydrogen) atoms. The predicted octanol–water partition coefficient (Wildman–Crippen LogP) is 2.42. The first-order chi connectivity index (χ1) is 11.4. The number of carbonyl (C=O) groups is 1. The van der Waals surface area contributed by atoms with Crippen LogP contribution in [0.1, 0.15) is 15.9 Å². The number of guanidine groups is 1. The molecule has 1 amide bonds. The average Bonchev–Trinajstić information content (AvgIpc) is 2.58. The number of thioether (sulfide) groups is 1. The van der Waals surface area contributed by atoms with E-state index in [-0.39, 0.29) is 36.1 Å². The van der Waals surface area contributed by atoms with E-state index in [1.165, 1.54) is 0 Å². The molecule has 0 aliphatic carbocycles. The number of rotatable bonds is 4. The molecule has 1 saturated heterocycles. The lowest BCUT2D eigenvalue weighted by Crippen LogP contribution is -2.43. The third-order valence-corrected chi connectivity index (χ3v) is 4.42. The van der Waals surface area contributed by atoms with E-state index >= 15 is 0 Å². The van der Waals surface area contributed by atoms with Crippen molar-refractivity contribution in [2.24, 2.45) is 10.7 Å². The van der Waals surface area contributed by atoms with Gasteiger partial charge in [0, 0.05) is 36.7 Å². The summed E-state index contributed by atoms with van der Waals surface area (Å²) >= 11 is 1.87. The maximum Gasteiger partial charge on any atom is 0.416 e. The minimum absolute atomic E-state index is 0. The Bertz CT molecular complexity index is 589. The van der Waals surface area contributed by atoms with Crippen LogP contribution in [0.25, 0.3) is 0 Å². The minimum atomic E-state index is -4.41. The molecule has 5 nitrogen and oxygen atoms in total. The molecule has 0 radical (unpaired) electrons. The van der Waals surface area contributed by atoms with Crippen LogP contribution in [0, 0.1) is 0 Å². The molecule has 10 heteroatoms. The molecule has 140 valence electrons. The normalized spacial score (nSPS) is 15.5. The van der Waals surface area contributed by atoms with Gasteiger partial charge in [0.25, 0.3) is 5.91 Å². The van der Waals surface area contributed by atoms with Crippen LogP contribution in [0.3, 0.4) is 0 Å². The summed E-state index contributed by atoms with van der Waals surface area (Å²) in [5.74, 6) is 2.05. The molecule has 1 aromatic rings. The summed E-state index contributed by atoms with van der Waals surface area (Å²) in [5.41, 5.74) is 5.27. The average molecular weight is 488 g/mol. The quantitative estimate of drug-likeness (QED) is 0.296. The van der Waals surface area contributed by atoms with Gasteiger partial charge in [0.15, 0.2) is 5.96 Å². The Hall–Kier alpha value is -1.17. The summed E-state index contributed by atoms with van der Waals surface area (Å²) in [6.45, 7) is 2.31. The molecule has 0 aromatic heterocycles. The van der Waals surface area contributed by atoms with Gasteiger partial charge in [-0.3, -0.25) is 9.79 Å². The van der Waals surface area contributed by atoms with Crippen molar-refractivity contribution < 1.29 is 18.0 Å². The number of benzene rings is 1. The number of alkyl halides is 3. The highest BCUT2D eigenvalue weighted by atomic mass is 127. The molecule has 1 aromatic carbocycles. The molecular weight excluding hydrogens is 468 g/mol. The van der Waals surface area contributed by atoms with Crippen molar-refractivity contribution in [2.45, 2.75) is 6.18 Å². The van der Waals surface area contributed by atoms with Gasteiger partial charge in [0.1, 0.15) is 0 Å². The number of hydrogen-bond donors (Lipinski definition) is 2. The summed E-state index contributed by atoms with van der Waals surface area (Å²) in [4.78, 5) is 18.1. The Morgan fingerprint density at radius 2 is 1.84 bits per heavy atom. The summed E-state index contributed by atoms with van der Waals surface area (Å²) in [6, 6.07) is 4.08. The molecule has 0 saturated carbocycles. The number of nitrogens with two attached hydrogens (primary N) is 1.